The average molecular weight is 323 g/mol. The molecule has 1 aromatic heterocycles. The third kappa shape index (κ3) is 3.16. The van der Waals surface area contributed by atoms with E-state index in [4.69, 9.17) is 0 Å². The van der Waals surface area contributed by atoms with Gasteiger partial charge in [-0.1, -0.05) is 6.07 Å². The van der Waals surface area contributed by atoms with Crippen molar-refractivity contribution in [3.8, 4) is 0 Å². The lowest BCUT2D eigenvalue weighted by Crippen LogP contribution is -2.42. The van der Waals surface area contributed by atoms with Crippen LogP contribution in [0.3, 0.4) is 0 Å². The van der Waals surface area contributed by atoms with Gasteiger partial charge < -0.3 is 20.4 Å². The fourth-order valence-corrected chi connectivity index (χ4v) is 2.78. The van der Waals surface area contributed by atoms with Crippen LogP contribution in [-0.2, 0) is 0 Å². The summed E-state index contributed by atoms with van der Waals surface area (Å²) in [4.78, 5) is 27.9. The number of carbonyl (C=O) groups is 1. The highest BCUT2D eigenvalue weighted by Gasteiger charge is 2.37. The largest absolute Gasteiger partial charge is 0.393 e. The van der Waals surface area contributed by atoms with Crippen molar-refractivity contribution in [3.63, 3.8) is 0 Å². The summed E-state index contributed by atoms with van der Waals surface area (Å²) in [5, 5.41) is 12.1. The lowest BCUT2D eigenvalue weighted by atomic mass is 9.75. The number of hydrogen-bond donors (Lipinski definition) is 4. The van der Waals surface area contributed by atoms with Crippen molar-refractivity contribution in [1.29, 1.82) is 0 Å². The summed E-state index contributed by atoms with van der Waals surface area (Å²) in [7, 11) is 0. The van der Waals surface area contributed by atoms with Crippen molar-refractivity contribution in [1.82, 2.24) is 15.3 Å². The number of aromatic nitrogens is 2. The molecule has 0 bridgehead atoms. The molecule has 1 unspecified atom stereocenters. The Balaban J connectivity index is 1.86. The number of imidazole rings is 1. The van der Waals surface area contributed by atoms with Gasteiger partial charge >= 0.3 is 5.69 Å². The van der Waals surface area contributed by atoms with Crippen LogP contribution in [0.4, 0.5) is 8.78 Å². The van der Waals surface area contributed by atoms with Crippen molar-refractivity contribution >= 4 is 5.91 Å². The number of halogens is 2. The molecule has 0 aliphatic heterocycles. The molecular weight excluding hydrogens is 308 g/mol. The number of amides is 1. The number of H-pyrrole nitrogens is 2. The molecule has 0 radical (unpaired) electrons. The van der Waals surface area contributed by atoms with Crippen molar-refractivity contribution in [2.45, 2.75) is 25.0 Å². The minimum Gasteiger partial charge on any atom is -0.393 e. The maximum atomic E-state index is 14.1. The summed E-state index contributed by atoms with van der Waals surface area (Å²) in [6.45, 7) is 0. The van der Waals surface area contributed by atoms with Gasteiger partial charge in [0.2, 0.25) is 0 Å². The molecule has 0 spiro atoms. The lowest BCUT2D eigenvalue weighted by Gasteiger charge is -2.38. The number of hydrogen-bond acceptors (Lipinski definition) is 3. The highest BCUT2D eigenvalue weighted by molar-refractivity contribution is 5.92. The first-order chi connectivity index (χ1) is 10.9. The topological polar surface area (TPSA) is 98.0 Å². The van der Waals surface area contributed by atoms with Crippen LogP contribution in [-0.4, -0.2) is 27.1 Å². The second kappa shape index (κ2) is 5.96. The minimum absolute atomic E-state index is 0.0161. The van der Waals surface area contributed by atoms with Gasteiger partial charge in [0.15, 0.2) is 0 Å². The van der Waals surface area contributed by atoms with Gasteiger partial charge in [-0.05, 0) is 24.8 Å². The van der Waals surface area contributed by atoms with E-state index in [1.807, 2.05) is 0 Å². The Hall–Kier alpha value is -2.48. The SMILES string of the molecule is O=C(NC(c1ccc(F)cc1F)C1CC(O)C1)c1c[nH]c(=O)[nH]1. The van der Waals surface area contributed by atoms with Gasteiger partial charge in [0, 0.05) is 17.8 Å². The monoisotopic (exact) mass is 323 g/mol. The predicted octanol–water partition coefficient (Wildman–Crippen LogP) is 1.22. The van der Waals surface area contributed by atoms with Crippen LogP contribution in [0.1, 0.15) is 34.9 Å². The van der Waals surface area contributed by atoms with Gasteiger partial charge in [0.25, 0.3) is 5.91 Å². The molecule has 1 heterocycles. The Labute approximate surface area is 129 Å². The van der Waals surface area contributed by atoms with Crippen LogP contribution >= 0.6 is 0 Å². The number of rotatable bonds is 4. The van der Waals surface area contributed by atoms with Crippen molar-refractivity contribution in [3.05, 3.63) is 57.8 Å². The standard InChI is InChI=1S/C15H15F2N3O3/c16-8-1-2-10(11(17)5-8)13(7-3-9(21)4-7)20-14(22)12-6-18-15(23)19-12/h1-2,5-7,9,13,21H,3-4H2,(H,20,22)(H2,18,19,23). The molecule has 1 amide bonds. The minimum atomic E-state index is -0.765. The average Bonchev–Trinajstić information content (AvgIpc) is 2.89. The molecule has 1 saturated carbocycles. The fourth-order valence-electron chi connectivity index (χ4n) is 2.78. The van der Waals surface area contributed by atoms with E-state index < -0.39 is 35.4 Å². The van der Waals surface area contributed by atoms with Gasteiger partial charge in [-0.3, -0.25) is 4.79 Å². The van der Waals surface area contributed by atoms with Crippen LogP contribution in [0.15, 0.2) is 29.2 Å². The normalized spacial score (nSPS) is 21.5. The van der Waals surface area contributed by atoms with Gasteiger partial charge in [-0.15, -0.1) is 0 Å². The summed E-state index contributed by atoms with van der Waals surface area (Å²) < 4.78 is 27.1. The van der Waals surface area contributed by atoms with Gasteiger partial charge in [0.05, 0.1) is 12.1 Å². The first-order valence-electron chi connectivity index (χ1n) is 7.15. The Morgan fingerprint density at radius 3 is 2.65 bits per heavy atom. The van der Waals surface area contributed by atoms with Crippen molar-refractivity contribution < 1.29 is 18.7 Å². The second-order valence-corrected chi connectivity index (χ2v) is 5.66. The van der Waals surface area contributed by atoms with E-state index in [1.165, 1.54) is 12.3 Å². The molecule has 4 N–H and O–H groups in total. The molecule has 1 aliphatic carbocycles. The Morgan fingerprint density at radius 1 is 1.35 bits per heavy atom. The van der Waals surface area contributed by atoms with E-state index in [-0.39, 0.29) is 17.2 Å². The molecule has 6 nitrogen and oxygen atoms in total. The molecule has 8 heteroatoms. The highest BCUT2D eigenvalue weighted by Crippen LogP contribution is 2.39. The molecule has 3 rings (SSSR count). The smallest absolute Gasteiger partial charge is 0.323 e. The van der Waals surface area contributed by atoms with Crippen LogP contribution in [0.5, 0.6) is 0 Å². The zero-order chi connectivity index (χ0) is 16.6. The number of benzene rings is 1. The van der Waals surface area contributed by atoms with E-state index in [9.17, 15) is 23.5 Å². The number of aromatic amines is 2. The molecule has 1 aliphatic rings. The summed E-state index contributed by atoms with van der Waals surface area (Å²) in [6.07, 6.45) is 1.54. The van der Waals surface area contributed by atoms with Crippen molar-refractivity contribution in [2.24, 2.45) is 5.92 Å². The second-order valence-electron chi connectivity index (χ2n) is 5.66. The molecule has 1 aromatic carbocycles. The van der Waals surface area contributed by atoms with Crippen LogP contribution in [0, 0.1) is 17.6 Å². The van der Waals surface area contributed by atoms with Gasteiger partial charge in [0.1, 0.15) is 17.3 Å². The molecular formula is C15H15F2N3O3. The third-order valence-corrected chi connectivity index (χ3v) is 4.05. The number of carbonyl (C=O) groups excluding carboxylic acids is 1. The predicted molar refractivity (Wildman–Crippen MR) is 76.7 cm³/mol. The van der Waals surface area contributed by atoms with E-state index in [0.29, 0.717) is 12.8 Å². The zero-order valence-corrected chi connectivity index (χ0v) is 12.0. The molecule has 122 valence electrons. The Morgan fingerprint density at radius 2 is 2.09 bits per heavy atom. The summed E-state index contributed by atoms with van der Waals surface area (Å²) in [6, 6.07) is 2.43. The van der Waals surface area contributed by atoms with Crippen LogP contribution < -0.4 is 11.0 Å². The van der Waals surface area contributed by atoms with Crippen LogP contribution in [0.2, 0.25) is 0 Å². The molecule has 1 fully saturated rings. The van der Waals surface area contributed by atoms with Crippen molar-refractivity contribution in [2.75, 3.05) is 0 Å². The molecule has 0 saturated heterocycles. The maximum Gasteiger partial charge on any atom is 0.323 e. The lowest BCUT2D eigenvalue weighted by molar-refractivity contribution is 0.0228. The first kappa shape index (κ1) is 15.4. The number of aliphatic hydroxyl groups is 1. The number of nitrogens with one attached hydrogen (secondary N) is 3. The molecule has 23 heavy (non-hydrogen) atoms. The first-order valence-corrected chi connectivity index (χ1v) is 7.15. The highest BCUT2D eigenvalue weighted by atomic mass is 19.1. The fraction of sp³-hybridized carbons (Fsp3) is 0.333. The quantitative estimate of drug-likeness (QED) is 0.681. The molecule has 2 aromatic rings. The van der Waals surface area contributed by atoms with E-state index in [1.54, 1.807) is 0 Å². The summed E-state index contributed by atoms with van der Waals surface area (Å²) in [5.41, 5.74) is -0.365. The number of aliphatic hydroxyl groups excluding tert-OH is 1. The zero-order valence-electron chi connectivity index (χ0n) is 12.0. The Kier molecular flexibility index (Phi) is 3.99. The summed E-state index contributed by atoms with van der Waals surface area (Å²) >= 11 is 0. The van der Waals surface area contributed by atoms with Gasteiger partial charge in [-0.2, -0.15) is 0 Å². The van der Waals surface area contributed by atoms with E-state index in [0.717, 1.165) is 12.1 Å². The maximum absolute atomic E-state index is 14.1. The summed E-state index contributed by atoms with van der Waals surface area (Å²) in [5.74, 6) is -2.22. The van der Waals surface area contributed by atoms with Crippen LogP contribution in [0.25, 0.3) is 0 Å². The van der Waals surface area contributed by atoms with E-state index in [2.05, 4.69) is 15.3 Å². The third-order valence-electron chi connectivity index (χ3n) is 4.05. The molecule has 1 atom stereocenters. The van der Waals surface area contributed by atoms with E-state index >= 15 is 0 Å². The van der Waals surface area contributed by atoms with Gasteiger partial charge in [-0.25, -0.2) is 13.6 Å². The Bertz CT molecular complexity index is 780.